The molecule has 3 nitrogen and oxygen atoms in total. The van der Waals surface area contributed by atoms with E-state index in [-0.39, 0.29) is 0 Å². The number of aliphatic imine (C=N–C) groups is 1. The van der Waals surface area contributed by atoms with Crippen LogP contribution in [0.2, 0.25) is 0 Å². The van der Waals surface area contributed by atoms with Gasteiger partial charge in [-0.2, -0.15) is 0 Å². The summed E-state index contributed by atoms with van der Waals surface area (Å²) in [6.45, 7) is 14.2. The van der Waals surface area contributed by atoms with E-state index >= 15 is 0 Å². The molecule has 0 aliphatic rings. The van der Waals surface area contributed by atoms with Crippen molar-refractivity contribution in [3.8, 4) is 0 Å². The number of nitrogens with zero attached hydrogens (tertiary/aromatic N) is 1. The average molecular weight is 332 g/mol. The van der Waals surface area contributed by atoms with Crippen molar-refractivity contribution in [1.82, 2.24) is 5.32 Å². The first kappa shape index (κ1) is 22.2. The number of hydrogen-bond donors (Lipinski definition) is 2. The van der Waals surface area contributed by atoms with Crippen molar-refractivity contribution in [2.24, 2.45) is 10.7 Å². The molecule has 0 saturated carbocycles. The molecule has 0 saturated heterocycles. The Labute approximate surface area is 149 Å². The first-order valence-corrected chi connectivity index (χ1v) is 8.93. The second kappa shape index (κ2) is 13.6. The minimum atomic E-state index is 0.511. The molecule has 3 N–H and O–H groups in total. The summed E-state index contributed by atoms with van der Waals surface area (Å²) < 4.78 is 0. The van der Waals surface area contributed by atoms with E-state index in [1.54, 1.807) is 0 Å². The zero-order valence-electron chi connectivity index (χ0n) is 16.6. The third-order valence-corrected chi connectivity index (χ3v) is 3.62. The lowest BCUT2D eigenvalue weighted by molar-refractivity contribution is 0.931. The first-order chi connectivity index (χ1) is 11.3. The molecule has 0 rings (SSSR count). The van der Waals surface area contributed by atoms with Crippen LogP contribution in [-0.4, -0.2) is 19.0 Å². The summed E-state index contributed by atoms with van der Waals surface area (Å²) in [5, 5.41) is 3.14. The van der Waals surface area contributed by atoms with E-state index in [0.29, 0.717) is 12.5 Å². The van der Waals surface area contributed by atoms with E-state index in [1.807, 2.05) is 0 Å². The number of guanidine groups is 1. The molecule has 0 spiro atoms. The van der Waals surface area contributed by atoms with Gasteiger partial charge in [0, 0.05) is 6.54 Å². The number of nitrogens with one attached hydrogen (secondary N) is 1. The summed E-state index contributed by atoms with van der Waals surface area (Å²) in [6.07, 6.45) is 13.2. The Bertz CT molecular complexity index is 497. The second-order valence-electron chi connectivity index (χ2n) is 6.85. The first-order valence-electron chi connectivity index (χ1n) is 8.93. The van der Waals surface area contributed by atoms with Crippen molar-refractivity contribution < 1.29 is 0 Å². The molecule has 0 aliphatic carbocycles. The molecule has 0 fully saturated rings. The van der Waals surface area contributed by atoms with E-state index in [1.165, 1.54) is 22.3 Å². The van der Waals surface area contributed by atoms with Gasteiger partial charge in [0.05, 0.1) is 6.54 Å². The molecular weight excluding hydrogens is 294 g/mol. The lowest BCUT2D eigenvalue weighted by Crippen LogP contribution is -2.31. The maximum absolute atomic E-state index is 5.89. The van der Waals surface area contributed by atoms with Gasteiger partial charge >= 0.3 is 0 Å². The maximum atomic E-state index is 5.89. The van der Waals surface area contributed by atoms with E-state index in [0.717, 1.165) is 32.2 Å². The third kappa shape index (κ3) is 15.1. The van der Waals surface area contributed by atoms with Crippen molar-refractivity contribution in [2.75, 3.05) is 13.1 Å². The van der Waals surface area contributed by atoms with Crippen LogP contribution in [0.1, 0.15) is 67.2 Å². The molecule has 0 aromatic heterocycles. The zero-order chi connectivity index (χ0) is 18.4. The highest BCUT2D eigenvalue weighted by Crippen LogP contribution is 2.07. The molecule has 0 radical (unpaired) electrons. The van der Waals surface area contributed by atoms with Crippen molar-refractivity contribution in [2.45, 2.75) is 67.2 Å². The fourth-order valence-corrected chi connectivity index (χ4v) is 2.07. The van der Waals surface area contributed by atoms with Crippen LogP contribution in [0.4, 0.5) is 0 Å². The highest BCUT2D eigenvalue weighted by atomic mass is 15.1. The minimum absolute atomic E-state index is 0.511. The van der Waals surface area contributed by atoms with Gasteiger partial charge in [0.2, 0.25) is 0 Å². The zero-order valence-corrected chi connectivity index (χ0v) is 16.6. The Morgan fingerprint density at radius 2 is 1.29 bits per heavy atom. The smallest absolute Gasteiger partial charge is 0.189 e. The topological polar surface area (TPSA) is 50.4 Å². The predicted molar refractivity (Wildman–Crippen MR) is 109 cm³/mol. The van der Waals surface area contributed by atoms with Gasteiger partial charge in [0.25, 0.3) is 0 Å². The van der Waals surface area contributed by atoms with Gasteiger partial charge in [-0.05, 0) is 67.2 Å². The van der Waals surface area contributed by atoms with Crippen molar-refractivity contribution in [3.63, 3.8) is 0 Å². The molecule has 0 aromatic carbocycles. The van der Waals surface area contributed by atoms with Gasteiger partial charge in [-0.25, -0.2) is 4.99 Å². The van der Waals surface area contributed by atoms with Gasteiger partial charge in [0.15, 0.2) is 5.96 Å². The molecule has 0 aromatic rings. The fraction of sp³-hybridized carbons (Fsp3) is 0.571. The van der Waals surface area contributed by atoms with Crippen LogP contribution < -0.4 is 11.1 Å². The van der Waals surface area contributed by atoms with Crippen LogP contribution in [0.5, 0.6) is 0 Å². The van der Waals surface area contributed by atoms with Gasteiger partial charge in [-0.1, -0.05) is 46.6 Å². The fourth-order valence-electron chi connectivity index (χ4n) is 2.07. The van der Waals surface area contributed by atoms with Gasteiger partial charge in [-0.15, -0.1) is 0 Å². The van der Waals surface area contributed by atoms with E-state index in [9.17, 15) is 0 Å². The molecule has 0 amide bonds. The molecule has 0 atom stereocenters. The minimum Gasteiger partial charge on any atom is -0.370 e. The number of rotatable bonds is 10. The molecule has 136 valence electrons. The molecule has 0 heterocycles. The van der Waals surface area contributed by atoms with Crippen LogP contribution in [0, 0.1) is 0 Å². The Morgan fingerprint density at radius 1 is 0.792 bits per heavy atom. The maximum Gasteiger partial charge on any atom is 0.189 e. The summed E-state index contributed by atoms with van der Waals surface area (Å²) >= 11 is 0. The summed E-state index contributed by atoms with van der Waals surface area (Å²) in [7, 11) is 0. The summed E-state index contributed by atoms with van der Waals surface area (Å²) in [5.41, 5.74) is 11.4. The second-order valence-corrected chi connectivity index (χ2v) is 6.85. The standard InChI is InChI=1S/C21H37N3/c1-17(2)9-7-11-19(5)13-15-23-21(22)24-16-14-20(6)12-8-10-18(3)4/h9-10,13-14H,7-8,11-12,15-16H2,1-6H3,(H3,22,23,24). The average Bonchev–Trinajstić information content (AvgIpc) is 2.46. The molecule has 0 bridgehead atoms. The van der Waals surface area contributed by atoms with Gasteiger partial charge < -0.3 is 11.1 Å². The van der Waals surface area contributed by atoms with Crippen molar-refractivity contribution in [3.05, 3.63) is 46.6 Å². The van der Waals surface area contributed by atoms with E-state index in [4.69, 9.17) is 5.73 Å². The lowest BCUT2D eigenvalue weighted by atomic mass is 10.1. The molecule has 3 heteroatoms. The summed E-state index contributed by atoms with van der Waals surface area (Å²) in [6, 6.07) is 0. The molecule has 24 heavy (non-hydrogen) atoms. The monoisotopic (exact) mass is 331 g/mol. The van der Waals surface area contributed by atoms with E-state index in [2.05, 4.69) is 76.2 Å². The van der Waals surface area contributed by atoms with Crippen molar-refractivity contribution >= 4 is 5.96 Å². The largest absolute Gasteiger partial charge is 0.370 e. The number of nitrogens with two attached hydrogens (primary N) is 1. The summed E-state index contributed by atoms with van der Waals surface area (Å²) in [5.74, 6) is 0.511. The van der Waals surface area contributed by atoms with E-state index < -0.39 is 0 Å². The highest BCUT2D eigenvalue weighted by molar-refractivity contribution is 5.78. The highest BCUT2D eigenvalue weighted by Gasteiger charge is 1.92. The lowest BCUT2D eigenvalue weighted by Gasteiger charge is -2.04. The van der Waals surface area contributed by atoms with Crippen LogP contribution in [0.3, 0.4) is 0 Å². The van der Waals surface area contributed by atoms with Crippen molar-refractivity contribution in [1.29, 1.82) is 0 Å². The SMILES string of the molecule is CC(C)=CCCC(C)=CCN=C(N)NCC=C(C)CCC=C(C)C. The van der Waals surface area contributed by atoms with Crippen LogP contribution in [0.25, 0.3) is 0 Å². The Hall–Kier alpha value is -1.77. The summed E-state index contributed by atoms with van der Waals surface area (Å²) in [4.78, 5) is 4.34. The van der Waals surface area contributed by atoms with Crippen LogP contribution in [-0.2, 0) is 0 Å². The quantitative estimate of drug-likeness (QED) is 0.325. The molecule has 0 unspecified atom stereocenters. The Balaban J connectivity index is 4.05. The van der Waals surface area contributed by atoms with Crippen LogP contribution >= 0.6 is 0 Å². The van der Waals surface area contributed by atoms with Gasteiger partial charge in [0.1, 0.15) is 0 Å². The predicted octanol–water partition coefficient (Wildman–Crippen LogP) is 5.28. The molecular formula is C21H37N3. The Morgan fingerprint density at radius 3 is 1.79 bits per heavy atom. The third-order valence-electron chi connectivity index (χ3n) is 3.62. The molecule has 0 aliphatic heterocycles. The number of allylic oxidation sites excluding steroid dienone is 6. The van der Waals surface area contributed by atoms with Gasteiger partial charge in [-0.3, -0.25) is 0 Å². The van der Waals surface area contributed by atoms with Crippen LogP contribution in [0.15, 0.2) is 51.6 Å². The number of hydrogen-bond acceptors (Lipinski definition) is 1. The normalized spacial score (nSPS) is 12.8. The Kier molecular flexibility index (Phi) is 12.6.